The van der Waals surface area contributed by atoms with E-state index in [0.717, 1.165) is 17.2 Å². The first-order valence-electron chi connectivity index (χ1n) is 5.98. The van der Waals surface area contributed by atoms with E-state index in [1.807, 2.05) is 25.1 Å². The number of nitrogens with zero attached hydrogens (tertiary/aromatic N) is 2. The van der Waals surface area contributed by atoms with Gasteiger partial charge in [-0.3, -0.25) is 9.98 Å². The third-order valence-electron chi connectivity index (χ3n) is 3.14. The van der Waals surface area contributed by atoms with Crippen molar-refractivity contribution in [1.82, 2.24) is 4.98 Å². The number of nitrogens with two attached hydrogens (primary N) is 1. The first kappa shape index (κ1) is 11.1. The molecule has 0 amide bonds. The van der Waals surface area contributed by atoms with E-state index in [1.165, 1.54) is 25.7 Å². The highest BCUT2D eigenvalue weighted by Gasteiger charge is 2.18. The Morgan fingerprint density at radius 1 is 1.44 bits per heavy atom. The number of hydrogen-bond acceptors (Lipinski definition) is 2. The Labute approximate surface area is 96.8 Å². The van der Waals surface area contributed by atoms with Gasteiger partial charge in [0.2, 0.25) is 0 Å². The quantitative estimate of drug-likeness (QED) is 0.624. The second kappa shape index (κ2) is 5.10. The van der Waals surface area contributed by atoms with E-state index in [9.17, 15) is 0 Å². The Morgan fingerprint density at radius 2 is 2.19 bits per heavy atom. The van der Waals surface area contributed by atoms with Crippen LogP contribution < -0.4 is 5.73 Å². The van der Waals surface area contributed by atoms with Gasteiger partial charge in [-0.25, -0.2) is 0 Å². The number of amidine groups is 1. The van der Waals surface area contributed by atoms with Crippen LogP contribution in [0, 0.1) is 12.8 Å². The van der Waals surface area contributed by atoms with Crippen molar-refractivity contribution in [2.45, 2.75) is 39.2 Å². The Kier molecular flexibility index (Phi) is 3.54. The molecule has 0 bridgehead atoms. The Hall–Kier alpha value is -1.38. The van der Waals surface area contributed by atoms with Crippen molar-refractivity contribution < 1.29 is 0 Å². The molecule has 1 fully saturated rings. The van der Waals surface area contributed by atoms with E-state index < -0.39 is 0 Å². The van der Waals surface area contributed by atoms with Gasteiger partial charge in [-0.15, -0.1) is 0 Å². The number of aromatic nitrogens is 1. The highest BCUT2D eigenvalue weighted by Crippen LogP contribution is 2.24. The van der Waals surface area contributed by atoms with Gasteiger partial charge in [0.15, 0.2) is 0 Å². The van der Waals surface area contributed by atoms with Gasteiger partial charge in [-0.1, -0.05) is 18.9 Å². The summed E-state index contributed by atoms with van der Waals surface area (Å²) in [6.45, 7) is 2.61. The number of pyridine rings is 1. The first-order chi connectivity index (χ1) is 7.75. The molecule has 0 radical (unpaired) electrons. The third-order valence-corrected chi connectivity index (χ3v) is 3.14. The molecule has 2 rings (SSSR count). The van der Waals surface area contributed by atoms with Gasteiger partial charge in [-0.2, -0.15) is 0 Å². The van der Waals surface area contributed by atoms with Crippen LogP contribution in [0.15, 0.2) is 23.2 Å². The molecule has 1 aliphatic carbocycles. The molecule has 1 aromatic heterocycles. The number of rotatable bonds is 3. The van der Waals surface area contributed by atoms with Crippen LogP contribution in [0.25, 0.3) is 0 Å². The maximum Gasteiger partial charge on any atom is 0.0973 e. The lowest BCUT2D eigenvalue weighted by Gasteiger charge is -2.07. The molecule has 0 saturated heterocycles. The molecule has 1 heterocycles. The lowest BCUT2D eigenvalue weighted by Crippen LogP contribution is -2.21. The maximum absolute atomic E-state index is 5.99. The molecule has 3 heteroatoms. The molecule has 0 spiro atoms. The molecule has 0 unspecified atom stereocenters. The summed E-state index contributed by atoms with van der Waals surface area (Å²) in [5, 5.41) is 0. The molecule has 1 saturated carbocycles. The molecular formula is C13H19N3. The van der Waals surface area contributed by atoms with Crippen molar-refractivity contribution >= 4 is 5.84 Å². The third kappa shape index (κ3) is 2.81. The minimum atomic E-state index is 0.518. The molecular weight excluding hydrogens is 198 g/mol. The van der Waals surface area contributed by atoms with Crippen LogP contribution in [-0.4, -0.2) is 10.8 Å². The fourth-order valence-electron chi connectivity index (χ4n) is 2.21. The van der Waals surface area contributed by atoms with Crippen molar-refractivity contribution in [3.63, 3.8) is 0 Å². The average molecular weight is 217 g/mol. The second-order valence-electron chi connectivity index (χ2n) is 4.49. The zero-order valence-electron chi connectivity index (χ0n) is 9.82. The van der Waals surface area contributed by atoms with Crippen LogP contribution in [0.2, 0.25) is 0 Å². The molecule has 0 aliphatic heterocycles. The van der Waals surface area contributed by atoms with Crippen LogP contribution >= 0.6 is 0 Å². The predicted molar refractivity (Wildman–Crippen MR) is 66.3 cm³/mol. The molecule has 3 nitrogen and oxygen atoms in total. The summed E-state index contributed by atoms with van der Waals surface area (Å²) in [4.78, 5) is 8.86. The molecule has 16 heavy (non-hydrogen) atoms. The van der Waals surface area contributed by atoms with Crippen LogP contribution in [0.1, 0.15) is 37.1 Å². The van der Waals surface area contributed by atoms with Crippen molar-refractivity contribution in [2.24, 2.45) is 16.6 Å². The minimum absolute atomic E-state index is 0.518. The smallest absolute Gasteiger partial charge is 0.0973 e. The molecule has 0 atom stereocenters. The van der Waals surface area contributed by atoms with E-state index in [0.29, 0.717) is 12.5 Å². The SMILES string of the molecule is Cc1cccc(CN=C(N)C2CCCC2)n1. The Bertz CT molecular complexity index is 379. The van der Waals surface area contributed by atoms with Crippen LogP contribution in [0.5, 0.6) is 0 Å². The van der Waals surface area contributed by atoms with Gasteiger partial charge in [-0.05, 0) is 31.9 Å². The summed E-state index contributed by atoms with van der Waals surface area (Å²) in [6, 6.07) is 6.00. The van der Waals surface area contributed by atoms with Gasteiger partial charge in [0.25, 0.3) is 0 Å². The molecule has 1 aromatic rings. The molecule has 86 valence electrons. The molecule has 0 aromatic carbocycles. The fraction of sp³-hybridized carbons (Fsp3) is 0.538. The van der Waals surface area contributed by atoms with Crippen molar-refractivity contribution in [2.75, 3.05) is 0 Å². The average Bonchev–Trinajstić information content (AvgIpc) is 2.79. The monoisotopic (exact) mass is 217 g/mol. The standard InChI is InChI=1S/C13H19N3/c1-10-5-4-8-12(16-10)9-15-13(14)11-6-2-3-7-11/h4-5,8,11H,2-3,6-7,9H2,1H3,(H2,14,15). The topological polar surface area (TPSA) is 51.3 Å². The van der Waals surface area contributed by atoms with E-state index >= 15 is 0 Å². The van der Waals surface area contributed by atoms with Gasteiger partial charge in [0.05, 0.1) is 18.1 Å². The maximum atomic E-state index is 5.99. The van der Waals surface area contributed by atoms with Crippen LogP contribution in [0.4, 0.5) is 0 Å². The summed E-state index contributed by atoms with van der Waals surface area (Å²) in [7, 11) is 0. The molecule has 1 aliphatic rings. The van der Waals surface area contributed by atoms with Gasteiger partial charge < -0.3 is 5.73 Å². The Morgan fingerprint density at radius 3 is 2.88 bits per heavy atom. The highest BCUT2D eigenvalue weighted by atomic mass is 14.9. The number of hydrogen-bond donors (Lipinski definition) is 1. The summed E-state index contributed by atoms with van der Waals surface area (Å²) >= 11 is 0. The predicted octanol–water partition coefficient (Wildman–Crippen LogP) is 2.44. The summed E-state index contributed by atoms with van der Waals surface area (Å²) in [5.74, 6) is 1.34. The van der Waals surface area contributed by atoms with E-state index in [1.54, 1.807) is 0 Å². The second-order valence-corrected chi connectivity index (χ2v) is 4.49. The minimum Gasteiger partial charge on any atom is -0.387 e. The number of aliphatic imine (C=N–C) groups is 1. The van der Waals surface area contributed by atoms with E-state index in [2.05, 4.69) is 9.98 Å². The van der Waals surface area contributed by atoms with E-state index in [4.69, 9.17) is 5.73 Å². The molecule has 2 N–H and O–H groups in total. The van der Waals surface area contributed by atoms with Crippen LogP contribution in [-0.2, 0) is 6.54 Å². The lowest BCUT2D eigenvalue weighted by atomic mass is 10.1. The highest BCUT2D eigenvalue weighted by molar-refractivity contribution is 5.83. The summed E-state index contributed by atoms with van der Waals surface area (Å²) < 4.78 is 0. The van der Waals surface area contributed by atoms with Crippen molar-refractivity contribution in [1.29, 1.82) is 0 Å². The van der Waals surface area contributed by atoms with E-state index in [-0.39, 0.29) is 0 Å². The Balaban J connectivity index is 1.97. The zero-order valence-corrected chi connectivity index (χ0v) is 9.82. The lowest BCUT2D eigenvalue weighted by molar-refractivity contribution is 0.714. The summed E-state index contributed by atoms with van der Waals surface area (Å²) in [5.41, 5.74) is 8.02. The number of aryl methyl sites for hydroxylation is 1. The van der Waals surface area contributed by atoms with Crippen molar-refractivity contribution in [3.8, 4) is 0 Å². The van der Waals surface area contributed by atoms with Crippen molar-refractivity contribution in [3.05, 3.63) is 29.6 Å². The van der Waals surface area contributed by atoms with Gasteiger partial charge >= 0.3 is 0 Å². The first-order valence-corrected chi connectivity index (χ1v) is 5.98. The largest absolute Gasteiger partial charge is 0.387 e. The fourth-order valence-corrected chi connectivity index (χ4v) is 2.21. The van der Waals surface area contributed by atoms with Crippen LogP contribution in [0.3, 0.4) is 0 Å². The zero-order chi connectivity index (χ0) is 11.4. The van der Waals surface area contributed by atoms with Gasteiger partial charge in [0, 0.05) is 11.6 Å². The van der Waals surface area contributed by atoms with Gasteiger partial charge in [0.1, 0.15) is 0 Å². The summed E-state index contributed by atoms with van der Waals surface area (Å²) in [6.07, 6.45) is 5.00. The normalized spacial score (nSPS) is 17.9.